The highest BCUT2D eigenvalue weighted by Crippen LogP contribution is 2.37. The van der Waals surface area contributed by atoms with Gasteiger partial charge in [0.2, 0.25) is 11.8 Å². The number of amides is 2. The first kappa shape index (κ1) is 34.0. The van der Waals surface area contributed by atoms with Gasteiger partial charge < -0.3 is 10.2 Å². The maximum absolute atomic E-state index is 14.3. The molecule has 0 aliphatic rings. The minimum absolute atomic E-state index is 0.0794. The summed E-state index contributed by atoms with van der Waals surface area (Å²) in [7, 11) is -3.22. The summed E-state index contributed by atoms with van der Waals surface area (Å²) in [6, 6.07) is 24.0. The van der Waals surface area contributed by atoms with Crippen LogP contribution in [-0.2, 0) is 38.8 Å². The summed E-state index contributed by atoms with van der Waals surface area (Å²) in [6.07, 6.45) is -4.74. The Bertz CT molecular complexity index is 1760. The highest BCUT2D eigenvalue weighted by atomic mass is 79.9. The summed E-state index contributed by atoms with van der Waals surface area (Å²) in [6.45, 7) is -1.06. The van der Waals surface area contributed by atoms with Gasteiger partial charge in [-0.25, -0.2) is 8.42 Å². The van der Waals surface area contributed by atoms with Gasteiger partial charge in [0, 0.05) is 24.5 Å². The Labute approximate surface area is 272 Å². The van der Waals surface area contributed by atoms with Crippen LogP contribution >= 0.6 is 27.5 Å². The number of carbonyl (C=O) groups excluding carboxylic acids is 2. The molecule has 7 nitrogen and oxygen atoms in total. The van der Waals surface area contributed by atoms with Crippen LogP contribution in [0, 0.1) is 0 Å². The zero-order valence-electron chi connectivity index (χ0n) is 23.8. The summed E-state index contributed by atoms with van der Waals surface area (Å²) < 4.78 is 70.5. The molecule has 45 heavy (non-hydrogen) atoms. The Morgan fingerprint density at radius 2 is 1.51 bits per heavy atom. The third kappa shape index (κ3) is 8.44. The van der Waals surface area contributed by atoms with E-state index in [1.807, 2.05) is 0 Å². The second-order valence-corrected chi connectivity index (χ2v) is 13.1. The van der Waals surface area contributed by atoms with Crippen LogP contribution in [-0.4, -0.2) is 44.8 Å². The van der Waals surface area contributed by atoms with Gasteiger partial charge in [-0.3, -0.25) is 13.9 Å². The molecule has 0 aromatic heterocycles. The zero-order valence-corrected chi connectivity index (χ0v) is 27.0. The van der Waals surface area contributed by atoms with Crippen LogP contribution < -0.4 is 9.62 Å². The average molecular weight is 723 g/mol. The summed E-state index contributed by atoms with van der Waals surface area (Å²) in [5.74, 6) is -1.36. The number of nitrogens with zero attached hydrogens (tertiary/aromatic N) is 2. The van der Waals surface area contributed by atoms with E-state index < -0.39 is 51.9 Å². The third-order valence-corrected chi connectivity index (χ3v) is 9.50. The molecule has 2 amide bonds. The molecule has 0 unspecified atom stereocenters. The molecule has 4 rings (SSSR count). The topological polar surface area (TPSA) is 86.8 Å². The number of sulfonamides is 1. The van der Waals surface area contributed by atoms with Crippen molar-refractivity contribution in [3.05, 3.63) is 129 Å². The molecule has 4 aromatic rings. The predicted octanol–water partition coefficient (Wildman–Crippen LogP) is 6.70. The van der Waals surface area contributed by atoms with Gasteiger partial charge in [0.15, 0.2) is 0 Å². The third-order valence-electron chi connectivity index (χ3n) is 6.91. The monoisotopic (exact) mass is 721 g/mol. The van der Waals surface area contributed by atoms with Crippen molar-refractivity contribution in [3.8, 4) is 0 Å². The summed E-state index contributed by atoms with van der Waals surface area (Å²) >= 11 is 9.72. The number of likely N-dealkylation sites (N-methyl/N-ethyl adjacent to an activating group) is 1. The van der Waals surface area contributed by atoms with Crippen LogP contribution in [0.15, 0.2) is 112 Å². The lowest BCUT2D eigenvalue weighted by atomic mass is 10.0. The van der Waals surface area contributed by atoms with E-state index >= 15 is 0 Å². The average Bonchev–Trinajstić information content (AvgIpc) is 3.01. The molecule has 0 saturated carbocycles. The Balaban J connectivity index is 1.85. The van der Waals surface area contributed by atoms with Crippen LogP contribution in [0.5, 0.6) is 0 Å². The molecule has 0 radical (unpaired) electrons. The number of nitrogens with one attached hydrogen (secondary N) is 1. The van der Waals surface area contributed by atoms with Crippen molar-refractivity contribution in [1.29, 1.82) is 0 Å². The van der Waals surface area contributed by atoms with Crippen molar-refractivity contribution in [2.45, 2.75) is 30.1 Å². The number of rotatable bonds is 11. The number of hydrogen-bond acceptors (Lipinski definition) is 4. The van der Waals surface area contributed by atoms with Crippen molar-refractivity contribution in [2.75, 3.05) is 17.9 Å². The highest BCUT2D eigenvalue weighted by molar-refractivity contribution is 9.10. The number of carbonyl (C=O) groups is 2. The van der Waals surface area contributed by atoms with E-state index in [1.165, 1.54) is 36.2 Å². The van der Waals surface area contributed by atoms with E-state index in [0.29, 0.717) is 20.4 Å². The summed E-state index contributed by atoms with van der Waals surface area (Å²) in [4.78, 5) is 28.6. The minimum atomic E-state index is -4.82. The SMILES string of the molecule is CNC(=O)[C@@H](Cc1ccccc1)N(Cc1cccc(Br)c1)C(=O)CN(c1cc(C(F)(F)F)ccc1Cl)S(=O)(=O)c1ccccc1. The Hall–Kier alpha value is -3.87. The Morgan fingerprint density at radius 1 is 0.889 bits per heavy atom. The van der Waals surface area contributed by atoms with Crippen molar-refractivity contribution in [2.24, 2.45) is 0 Å². The largest absolute Gasteiger partial charge is 0.416 e. The van der Waals surface area contributed by atoms with Crippen molar-refractivity contribution in [3.63, 3.8) is 0 Å². The van der Waals surface area contributed by atoms with Gasteiger partial charge in [-0.2, -0.15) is 13.2 Å². The predicted molar refractivity (Wildman–Crippen MR) is 170 cm³/mol. The number of halogens is 5. The summed E-state index contributed by atoms with van der Waals surface area (Å²) in [5.41, 5.74) is -0.339. The lowest BCUT2D eigenvalue weighted by Crippen LogP contribution is -2.53. The molecule has 1 N–H and O–H groups in total. The van der Waals surface area contributed by atoms with E-state index in [1.54, 1.807) is 60.7 Å². The fraction of sp³-hybridized carbons (Fsp3) is 0.188. The molecule has 236 valence electrons. The molecule has 4 aromatic carbocycles. The van der Waals surface area contributed by atoms with E-state index in [-0.39, 0.29) is 22.9 Å². The van der Waals surface area contributed by atoms with Gasteiger partial charge in [0.05, 0.1) is 21.2 Å². The van der Waals surface area contributed by atoms with Gasteiger partial charge in [-0.15, -0.1) is 0 Å². The molecular formula is C32H28BrClF3N3O4S. The van der Waals surface area contributed by atoms with Crippen LogP contribution in [0.2, 0.25) is 5.02 Å². The first-order valence-corrected chi connectivity index (χ1v) is 16.2. The van der Waals surface area contributed by atoms with E-state index in [2.05, 4.69) is 21.2 Å². The van der Waals surface area contributed by atoms with Crippen LogP contribution in [0.3, 0.4) is 0 Å². The van der Waals surface area contributed by atoms with E-state index in [9.17, 15) is 31.2 Å². The molecule has 0 bridgehead atoms. The summed E-state index contributed by atoms with van der Waals surface area (Å²) in [5, 5.41) is 2.25. The number of alkyl halides is 3. The fourth-order valence-corrected chi connectivity index (χ4v) is 6.83. The molecule has 0 heterocycles. The van der Waals surface area contributed by atoms with Gasteiger partial charge in [0.25, 0.3) is 10.0 Å². The quantitative estimate of drug-likeness (QED) is 0.187. The molecule has 0 spiro atoms. The Kier molecular flexibility index (Phi) is 10.9. The normalized spacial score (nSPS) is 12.3. The molecule has 0 saturated heterocycles. The smallest absolute Gasteiger partial charge is 0.357 e. The van der Waals surface area contributed by atoms with Crippen molar-refractivity contribution in [1.82, 2.24) is 10.2 Å². The second-order valence-electron chi connectivity index (χ2n) is 9.96. The lowest BCUT2D eigenvalue weighted by molar-refractivity contribution is -0.139. The van der Waals surface area contributed by atoms with Gasteiger partial charge in [-0.1, -0.05) is 88.2 Å². The molecule has 1 atom stereocenters. The fourth-order valence-electron chi connectivity index (χ4n) is 4.67. The molecule has 13 heteroatoms. The standard InChI is InChI=1S/C32H28BrClF3N3O4S/c1-38-31(42)29(18-22-9-4-2-5-10-22)39(20-23-11-8-12-25(33)17-23)30(41)21-40(45(43,44)26-13-6-3-7-14-26)28-19-24(32(35,36)37)15-16-27(28)34/h2-17,19,29H,18,20-21H2,1H3,(H,38,42)/t29-/m1/s1. The van der Waals surface area contributed by atoms with Gasteiger partial charge in [-0.05, 0) is 53.6 Å². The van der Waals surface area contributed by atoms with Gasteiger partial charge >= 0.3 is 6.18 Å². The zero-order chi connectivity index (χ0) is 32.8. The first-order valence-electron chi connectivity index (χ1n) is 13.5. The minimum Gasteiger partial charge on any atom is -0.357 e. The molecule has 0 aliphatic heterocycles. The number of benzene rings is 4. The van der Waals surface area contributed by atoms with Crippen molar-refractivity contribution >= 4 is 55.1 Å². The molecular weight excluding hydrogens is 695 g/mol. The lowest BCUT2D eigenvalue weighted by Gasteiger charge is -2.34. The highest BCUT2D eigenvalue weighted by Gasteiger charge is 2.37. The first-order chi connectivity index (χ1) is 21.3. The Morgan fingerprint density at radius 3 is 2.11 bits per heavy atom. The van der Waals surface area contributed by atoms with Gasteiger partial charge in [0.1, 0.15) is 12.6 Å². The molecule has 0 aliphatic carbocycles. The van der Waals surface area contributed by atoms with Crippen LogP contribution in [0.1, 0.15) is 16.7 Å². The molecule has 0 fully saturated rings. The number of hydrogen-bond donors (Lipinski definition) is 1. The van der Waals surface area contributed by atoms with Crippen molar-refractivity contribution < 1.29 is 31.2 Å². The maximum atomic E-state index is 14.3. The van der Waals surface area contributed by atoms with Crippen LogP contribution in [0.25, 0.3) is 0 Å². The second kappa shape index (κ2) is 14.5. The number of anilines is 1. The van der Waals surface area contributed by atoms with E-state index in [0.717, 1.165) is 17.7 Å². The van der Waals surface area contributed by atoms with Crippen LogP contribution in [0.4, 0.5) is 18.9 Å². The van der Waals surface area contributed by atoms with E-state index in [4.69, 9.17) is 11.6 Å². The maximum Gasteiger partial charge on any atom is 0.416 e.